The van der Waals surface area contributed by atoms with Gasteiger partial charge in [-0.1, -0.05) is 43.0 Å². The van der Waals surface area contributed by atoms with Crippen LogP contribution in [0.4, 0.5) is 0 Å². The molecule has 0 rings (SSSR count). The Balaban J connectivity index is 4.80. The maximum absolute atomic E-state index is 6.33. The van der Waals surface area contributed by atoms with E-state index < -0.39 is 15.4 Å². The first kappa shape index (κ1) is 15.8. The van der Waals surface area contributed by atoms with Crippen LogP contribution in [0.2, 0.25) is 26.2 Å². The summed E-state index contributed by atoms with van der Waals surface area (Å²) in [6.07, 6.45) is 0. The monoisotopic (exact) mass is 311 g/mol. The van der Waals surface area contributed by atoms with Crippen molar-refractivity contribution in [2.45, 2.75) is 66.0 Å². The molecule has 0 unspecified atom stereocenters. The van der Waals surface area contributed by atoms with E-state index in [-0.39, 0.29) is 0 Å². The van der Waals surface area contributed by atoms with Crippen molar-refractivity contribution in [1.82, 2.24) is 4.57 Å². The first-order chi connectivity index (χ1) is 6.47. The van der Waals surface area contributed by atoms with Crippen molar-refractivity contribution in [1.29, 1.82) is 0 Å². The SMILES string of the molecule is CC(C)N(C(C)C)[Si](C)(C)O[Si](C)(C)Br. The van der Waals surface area contributed by atoms with Gasteiger partial charge in [0.15, 0.2) is 0 Å². The van der Waals surface area contributed by atoms with Crippen molar-refractivity contribution in [3.05, 3.63) is 0 Å². The van der Waals surface area contributed by atoms with Crippen LogP contribution < -0.4 is 0 Å². The van der Waals surface area contributed by atoms with Gasteiger partial charge in [-0.3, -0.25) is 4.57 Å². The van der Waals surface area contributed by atoms with E-state index in [4.69, 9.17) is 4.12 Å². The molecule has 0 spiro atoms. The summed E-state index contributed by atoms with van der Waals surface area (Å²) in [5.74, 6) is 0. The molecule has 2 nitrogen and oxygen atoms in total. The molecule has 0 amide bonds. The molecule has 15 heavy (non-hydrogen) atoms. The minimum atomic E-state index is -1.75. The van der Waals surface area contributed by atoms with Crippen molar-refractivity contribution < 1.29 is 4.12 Å². The van der Waals surface area contributed by atoms with E-state index in [9.17, 15) is 0 Å². The molecular weight excluding hydrogens is 286 g/mol. The molecule has 0 bridgehead atoms. The van der Waals surface area contributed by atoms with Crippen LogP contribution in [0.15, 0.2) is 0 Å². The number of hydrogen-bond donors (Lipinski definition) is 0. The van der Waals surface area contributed by atoms with Crippen LogP contribution in [0.1, 0.15) is 27.7 Å². The Bertz CT molecular complexity index is 194. The Morgan fingerprint density at radius 3 is 1.47 bits per heavy atom. The van der Waals surface area contributed by atoms with Gasteiger partial charge in [0, 0.05) is 0 Å². The summed E-state index contributed by atoms with van der Waals surface area (Å²) in [6.45, 7) is 16.4. The Morgan fingerprint density at radius 1 is 0.933 bits per heavy atom. The first-order valence-electron chi connectivity index (χ1n) is 5.65. The molecule has 92 valence electrons. The van der Waals surface area contributed by atoms with Crippen LogP contribution in [0.3, 0.4) is 0 Å². The van der Waals surface area contributed by atoms with E-state index in [1.165, 1.54) is 0 Å². The fourth-order valence-corrected chi connectivity index (χ4v) is 13.7. The average molecular weight is 312 g/mol. The Morgan fingerprint density at radius 2 is 1.27 bits per heavy atom. The Kier molecular flexibility index (Phi) is 5.75. The van der Waals surface area contributed by atoms with Crippen LogP contribution >= 0.6 is 15.3 Å². The molecule has 0 aromatic heterocycles. The van der Waals surface area contributed by atoms with Gasteiger partial charge in [0.2, 0.25) is 6.94 Å². The molecule has 0 radical (unpaired) electrons. The fraction of sp³-hybridized carbons (Fsp3) is 1.00. The van der Waals surface area contributed by atoms with E-state index in [1.54, 1.807) is 0 Å². The lowest BCUT2D eigenvalue weighted by molar-refractivity contribution is 0.255. The molecule has 0 saturated carbocycles. The molecule has 0 fully saturated rings. The summed E-state index contributed by atoms with van der Waals surface area (Å²) in [6, 6.07) is 1.10. The zero-order valence-electron chi connectivity index (χ0n) is 11.4. The summed E-state index contributed by atoms with van der Waals surface area (Å²) >= 11 is 3.71. The van der Waals surface area contributed by atoms with Gasteiger partial charge in [-0.2, -0.15) is 0 Å². The smallest absolute Gasteiger partial charge is 0.255 e. The molecular formula is C10H26BrNOSi2. The Hall–Kier alpha value is 0.834. The van der Waals surface area contributed by atoms with Crippen molar-refractivity contribution >= 4 is 30.7 Å². The van der Waals surface area contributed by atoms with Gasteiger partial charge >= 0.3 is 0 Å². The minimum absolute atomic E-state index is 0.551. The molecule has 0 saturated heterocycles. The third kappa shape index (κ3) is 5.63. The second-order valence-corrected chi connectivity index (χ2v) is 18.2. The standard InChI is InChI=1S/C10H26BrNOSi2/c1-9(2)12(10(3)4)15(7,8)13-14(5,6)11/h9-10H,1-8H3. The lowest BCUT2D eigenvalue weighted by Gasteiger charge is -2.44. The Labute approximate surface area is 105 Å². The van der Waals surface area contributed by atoms with Crippen LogP contribution in [0.25, 0.3) is 0 Å². The molecule has 0 N–H and O–H groups in total. The average Bonchev–Trinajstić information content (AvgIpc) is 1.74. The highest BCUT2D eigenvalue weighted by molar-refractivity contribution is 9.25. The minimum Gasteiger partial charge on any atom is -0.436 e. The van der Waals surface area contributed by atoms with Gasteiger partial charge in [-0.05, 0) is 38.3 Å². The van der Waals surface area contributed by atoms with Crippen molar-refractivity contribution in [2.75, 3.05) is 0 Å². The summed E-state index contributed by atoms with van der Waals surface area (Å²) in [7, 11) is -1.75. The van der Waals surface area contributed by atoms with Crippen LogP contribution in [-0.4, -0.2) is 32.1 Å². The van der Waals surface area contributed by atoms with Gasteiger partial charge in [-0.15, -0.1) is 0 Å². The number of nitrogens with zero attached hydrogens (tertiary/aromatic N) is 1. The maximum Gasteiger partial charge on any atom is 0.255 e. The normalized spacial score (nSPS) is 14.4. The molecule has 0 aromatic carbocycles. The van der Waals surface area contributed by atoms with Crippen molar-refractivity contribution in [3.63, 3.8) is 0 Å². The van der Waals surface area contributed by atoms with E-state index in [1.807, 2.05) is 0 Å². The quantitative estimate of drug-likeness (QED) is 0.563. The fourth-order valence-electron chi connectivity index (χ4n) is 2.49. The van der Waals surface area contributed by atoms with Crippen molar-refractivity contribution in [3.8, 4) is 0 Å². The van der Waals surface area contributed by atoms with Crippen LogP contribution in [-0.2, 0) is 4.12 Å². The third-order valence-corrected chi connectivity index (χ3v) is 9.90. The largest absolute Gasteiger partial charge is 0.436 e. The number of hydrogen-bond acceptors (Lipinski definition) is 2. The van der Waals surface area contributed by atoms with E-state index in [0.29, 0.717) is 12.1 Å². The summed E-state index contributed by atoms with van der Waals surface area (Å²) < 4.78 is 8.87. The third-order valence-electron chi connectivity index (χ3n) is 2.23. The van der Waals surface area contributed by atoms with Gasteiger partial charge in [0.25, 0.3) is 8.48 Å². The highest BCUT2D eigenvalue weighted by atomic mass is 79.9. The predicted octanol–water partition coefficient (Wildman–Crippen LogP) is 3.92. The van der Waals surface area contributed by atoms with Gasteiger partial charge in [-0.25, -0.2) is 0 Å². The molecule has 0 atom stereocenters. The van der Waals surface area contributed by atoms with E-state index in [0.717, 1.165) is 0 Å². The zero-order chi connectivity index (χ0) is 12.4. The second-order valence-electron chi connectivity index (χ2n) is 5.51. The lowest BCUT2D eigenvalue weighted by Crippen LogP contribution is -2.60. The van der Waals surface area contributed by atoms with Crippen LogP contribution in [0, 0.1) is 0 Å². The second kappa shape index (κ2) is 5.44. The predicted molar refractivity (Wildman–Crippen MR) is 77.1 cm³/mol. The van der Waals surface area contributed by atoms with Crippen molar-refractivity contribution in [2.24, 2.45) is 0 Å². The van der Waals surface area contributed by atoms with Crippen LogP contribution in [0.5, 0.6) is 0 Å². The summed E-state index contributed by atoms with van der Waals surface area (Å²) in [4.78, 5) is 0. The van der Waals surface area contributed by atoms with Gasteiger partial charge in [0.1, 0.15) is 0 Å². The summed E-state index contributed by atoms with van der Waals surface area (Å²) in [5.41, 5.74) is 0. The number of halogens is 1. The molecule has 0 aliphatic carbocycles. The van der Waals surface area contributed by atoms with Gasteiger partial charge in [0.05, 0.1) is 0 Å². The zero-order valence-corrected chi connectivity index (χ0v) is 15.0. The topological polar surface area (TPSA) is 12.5 Å². The maximum atomic E-state index is 6.33. The van der Waals surface area contributed by atoms with Gasteiger partial charge < -0.3 is 4.12 Å². The highest BCUT2D eigenvalue weighted by Crippen LogP contribution is 2.25. The van der Waals surface area contributed by atoms with E-state index in [2.05, 4.69) is 73.7 Å². The highest BCUT2D eigenvalue weighted by Gasteiger charge is 2.39. The lowest BCUT2D eigenvalue weighted by atomic mass is 10.3. The number of rotatable bonds is 5. The molecule has 0 aliphatic rings. The summed E-state index contributed by atoms with van der Waals surface area (Å²) in [5, 5.41) is 0. The molecule has 0 heterocycles. The first-order valence-corrected chi connectivity index (χ1v) is 13.7. The molecule has 0 aliphatic heterocycles. The molecule has 5 heteroatoms. The molecule has 0 aromatic rings. The van der Waals surface area contributed by atoms with E-state index >= 15 is 0 Å².